The van der Waals surface area contributed by atoms with Gasteiger partial charge in [0.15, 0.2) is 0 Å². The summed E-state index contributed by atoms with van der Waals surface area (Å²) in [5.74, 6) is 1.75. The number of ether oxygens (including phenoxy) is 1. The molecule has 3 N–H and O–H groups in total. The number of nitrogens with one attached hydrogen (secondary N) is 1. The van der Waals surface area contributed by atoms with E-state index in [9.17, 15) is 0 Å². The van der Waals surface area contributed by atoms with Crippen molar-refractivity contribution in [1.29, 1.82) is 5.26 Å². The third-order valence-corrected chi connectivity index (χ3v) is 3.80. The summed E-state index contributed by atoms with van der Waals surface area (Å²) >= 11 is 0. The summed E-state index contributed by atoms with van der Waals surface area (Å²) in [6.45, 7) is 6.04. The minimum atomic E-state index is 0.300. The first-order valence-electron chi connectivity index (χ1n) is 8.12. The van der Waals surface area contributed by atoms with Gasteiger partial charge in [-0.15, -0.1) is 0 Å². The summed E-state index contributed by atoms with van der Waals surface area (Å²) in [5.41, 5.74) is 10.5. The van der Waals surface area contributed by atoms with Gasteiger partial charge in [-0.1, -0.05) is 17.7 Å². The van der Waals surface area contributed by atoms with E-state index in [1.54, 1.807) is 30.3 Å². The van der Waals surface area contributed by atoms with Crippen LogP contribution in [0.15, 0.2) is 42.5 Å². The van der Waals surface area contributed by atoms with Crippen molar-refractivity contribution >= 4 is 17.5 Å². The molecule has 2 aromatic carbocycles. The van der Waals surface area contributed by atoms with Crippen molar-refractivity contribution in [2.45, 2.75) is 20.8 Å². The number of nitrogens with zero attached hydrogens (tertiary/aromatic N) is 3. The Bertz CT molecular complexity index is 967. The van der Waals surface area contributed by atoms with E-state index in [2.05, 4.69) is 33.5 Å². The number of hydrogen-bond donors (Lipinski definition) is 2. The Kier molecular flexibility index (Phi) is 4.72. The molecule has 0 aliphatic heterocycles. The van der Waals surface area contributed by atoms with Gasteiger partial charge in [-0.05, 0) is 56.2 Å². The predicted molar refractivity (Wildman–Crippen MR) is 102 cm³/mol. The smallest absolute Gasteiger partial charge is 0.232 e. The fourth-order valence-electron chi connectivity index (χ4n) is 2.74. The van der Waals surface area contributed by atoms with Crippen molar-refractivity contribution in [2.24, 2.45) is 0 Å². The molecule has 0 bridgehead atoms. The Hall–Kier alpha value is -3.59. The van der Waals surface area contributed by atoms with Crippen LogP contribution in [0.4, 0.5) is 17.5 Å². The molecule has 130 valence electrons. The van der Waals surface area contributed by atoms with Crippen molar-refractivity contribution < 1.29 is 4.74 Å². The van der Waals surface area contributed by atoms with Gasteiger partial charge in [-0.3, -0.25) is 0 Å². The van der Waals surface area contributed by atoms with Gasteiger partial charge >= 0.3 is 0 Å². The zero-order chi connectivity index (χ0) is 18.7. The largest absolute Gasteiger partial charge is 0.438 e. The van der Waals surface area contributed by atoms with Crippen molar-refractivity contribution in [3.63, 3.8) is 0 Å². The third kappa shape index (κ3) is 3.90. The van der Waals surface area contributed by atoms with Gasteiger partial charge in [0.25, 0.3) is 0 Å². The van der Waals surface area contributed by atoms with E-state index >= 15 is 0 Å². The molecule has 0 unspecified atom stereocenters. The number of aromatic nitrogens is 2. The molecule has 0 radical (unpaired) electrons. The highest BCUT2D eigenvalue weighted by Crippen LogP contribution is 2.30. The highest BCUT2D eigenvalue weighted by Gasteiger charge is 2.10. The molecule has 0 saturated heterocycles. The van der Waals surface area contributed by atoms with E-state index in [0.29, 0.717) is 23.2 Å². The lowest BCUT2D eigenvalue weighted by Gasteiger charge is -2.13. The van der Waals surface area contributed by atoms with E-state index in [-0.39, 0.29) is 0 Å². The maximum absolute atomic E-state index is 8.86. The van der Waals surface area contributed by atoms with Crippen LogP contribution >= 0.6 is 0 Å². The van der Waals surface area contributed by atoms with Gasteiger partial charge in [-0.2, -0.15) is 15.2 Å². The summed E-state index contributed by atoms with van der Waals surface area (Å²) < 4.78 is 5.98. The average Bonchev–Trinajstić information content (AvgIpc) is 2.58. The lowest BCUT2D eigenvalue weighted by atomic mass is 10.1. The van der Waals surface area contributed by atoms with E-state index in [0.717, 1.165) is 22.6 Å². The van der Waals surface area contributed by atoms with Gasteiger partial charge in [0, 0.05) is 11.8 Å². The average molecular weight is 345 g/mol. The van der Waals surface area contributed by atoms with Gasteiger partial charge in [0.1, 0.15) is 11.6 Å². The first-order chi connectivity index (χ1) is 12.4. The topological polar surface area (TPSA) is 96.9 Å². The zero-order valence-electron chi connectivity index (χ0n) is 14.9. The summed E-state index contributed by atoms with van der Waals surface area (Å²) in [4.78, 5) is 8.56. The fourth-order valence-corrected chi connectivity index (χ4v) is 2.74. The second-order valence-electron chi connectivity index (χ2n) is 6.10. The molecule has 0 atom stereocenters. The van der Waals surface area contributed by atoms with Crippen molar-refractivity contribution in [2.75, 3.05) is 11.1 Å². The van der Waals surface area contributed by atoms with Crippen LogP contribution in [0.2, 0.25) is 0 Å². The molecule has 0 fully saturated rings. The highest BCUT2D eigenvalue weighted by molar-refractivity contribution is 5.57. The van der Waals surface area contributed by atoms with Crippen LogP contribution in [0.5, 0.6) is 11.6 Å². The molecule has 6 heteroatoms. The Labute approximate surface area is 152 Å². The number of nitrogen functional groups attached to an aromatic ring is 1. The second kappa shape index (κ2) is 7.11. The molecular weight excluding hydrogens is 326 g/mol. The molecule has 1 heterocycles. The minimum absolute atomic E-state index is 0.300. The zero-order valence-corrected chi connectivity index (χ0v) is 14.9. The molecule has 3 rings (SSSR count). The van der Waals surface area contributed by atoms with Gasteiger partial charge in [-0.25, -0.2) is 0 Å². The normalized spacial score (nSPS) is 10.2. The molecular formula is C20H19N5O. The maximum atomic E-state index is 8.86. The predicted octanol–water partition coefficient (Wildman–Crippen LogP) is 4.39. The summed E-state index contributed by atoms with van der Waals surface area (Å²) in [6.07, 6.45) is 0. The van der Waals surface area contributed by atoms with Crippen molar-refractivity contribution in [1.82, 2.24) is 9.97 Å². The molecule has 6 nitrogen and oxygen atoms in total. The second-order valence-corrected chi connectivity index (χ2v) is 6.10. The molecule has 26 heavy (non-hydrogen) atoms. The summed E-state index contributed by atoms with van der Waals surface area (Å²) in [5, 5.41) is 11.9. The van der Waals surface area contributed by atoms with Crippen LogP contribution in [-0.4, -0.2) is 9.97 Å². The Morgan fingerprint density at radius 3 is 2.27 bits per heavy atom. The van der Waals surface area contributed by atoms with E-state index in [1.165, 1.54) is 5.56 Å². The first-order valence-corrected chi connectivity index (χ1v) is 8.12. The van der Waals surface area contributed by atoms with Crippen LogP contribution in [0.3, 0.4) is 0 Å². The molecule has 0 amide bonds. The quantitative estimate of drug-likeness (QED) is 0.728. The van der Waals surface area contributed by atoms with Crippen LogP contribution in [0.25, 0.3) is 0 Å². The molecule has 0 saturated carbocycles. The Morgan fingerprint density at radius 1 is 1.00 bits per heavy atom. The first kappa shape index (κ1) is 17.2. The number of benzene rings is 2. The number of hydrogen-bond acceptors (Lipinski definition) is 6. The molecule has 3 aromatic rings. The molecule has 0 aliphatic carbocycles. The number of nitriles is 1. The van der Waals surface area contributed by atoms with Crippen molar-refractivity contribution in [3.8, 4) is 17.7 Å². The maximum Gasteiger partial charge on any atom is 0.232 e. The fraction of sp³-hybridized carbons (Fsp3) is 0.150. The van der Waals surface area contributed by atoms with Crippen LogP contribution in [-0.2, 0) is 0 Å². The SMILES string of the molecule is Cc1cc(C)c(Oc2cc(N)nc(Nc3ccc(C#N)cc3)n2)c(C)c1. The Balaban J connectivity index is 1.87. The van der Waals surface area contributed by atoms with Crippen LogP contribution in [0, 0.1) is 32.1 Å². The van der Waals surface area contributed by atoms with Gasteiger partial charge < -0.3 is 15.8 Å². The van der Waals surface area contributed by atoms with E-state index in [1.807, 2.05) is 20.8 Å². The van der Waals surface area contributed by atoms with Gasteiger partial charge in [0.05, 0.1) is 11.6 Å². The molecule has 0 aliphatic rings. The standard InChI is InChI=1S/C20H19N5O/c1-12-8-13(2)19(14(3)9-12)26-18-10-17(22)24-20(25-18)23-16-6-4-15(11-21)5-7-16/h4-10H,1-3H3,(H3,22,23,24,25). The molecule has 0 spiro atoms. The van der Waals surface area contributed by atoms with Crippen LogP contribution in [0.1, 0.15) is 22.3 Å². The van der Waals surface area contributed by atoms with E-state index in [4.69, 9.17) is 15.7 Å². The number of anilines is 3. The monoisotopic (exact) mass is 345 g/mol. The lowest BCUT2D eigenvalue weighted by Crippen LogP contribution is -2.03. The number of nitrogens with two attached hydrogens (primary N) is 1. The van der Waals surface area contributed by atoms with E-state index < -0.39 is 0 Å². The van der Waals surface area contributed by atoms with Crippen molar-refractivity contribution in [3.05, 3.63) is 64.7 Å². The van der Waals surface area contributed by atoms with Crippen LogP contribution < -0.4 is 15.8 Å². The highest BCUT2D eigenvalue weighted by atomic mass is 16.5. The number of aryl methyl sites for hydroxylation is 3. The molecule has 1 aromatic heterocycles. The Morgan fingerprint density at radius 2 is 1.65 bits per heavy atom. The lowest BCUT2D eigenvalue weighted by molar-refractivity contribution is 0.456. The minimum Gasteiger partial charge on any atom is -0.438 e. The summed E-state index contributed by atoms with van der Waals surface area (Å²) in [6, 6.07) is 14.8. The third-order valence-electron chi connectivity index (χ3n) is 3.80. The van der Waals surface area contributed by atoms with Gasteiger partial charge in [0.2, 0.25) is 11.8 Å². The summed E-state index contributed by atoms with van der Waals surface area (Å²) in [7, 11) is 0. The number of rotatable bonds is 4.